The highest BCUT2D eigenvalue weighted by Crippen LogP contribution is 2.19. The molecule has 1 fully saturated rings. The van der Waals surface area contributed by atoms with Crippen LogP contribution in [-0.4, -0.2) is 40.8 Å². The van der Waals surface area contributed by atoms with Crippen molar-refractivity contribution in [2.24, 2.45) is 0 Å². The summed E-state index contributed by atoms with van der Waals surface area (Å²) in [5.74, 6) is 1.29. The Kier molecular flexibility index (Phi) is 3.80. The van der Waals surface area contributed by atoms with Gasteiger partial charge in [-0.3, -0.25) is 4.90 Å². The molecule has 1 N–H and O–H groups in total. The van der Waals surface area contributed by atoms with E-state index in [0.717, 1.165) is 31.7 Å². The summed E-state index contributed by atoms with van der Waals surface area (Å²) in [7, 11) is 0. The third-order valence-corrected chi connectivity index (χ3v) is 3.54. The van der Waals surface area contributed by atoms with Crippen molar-refractivity contribution in [3.05, 3.63) is 35.7 Å². The maximum absolute atomic E-state index is 5.78. The van der Waals surface area contributed by atoms with Crippen LogP contribution in [0.15, 0.2) is 28.7 Å². The van der Waals surface area contributed by atoms with Gasteiger partial charge in [-0.05, 0) is 26.0 Å². The topological polar surface area (TPSA) is 54.2 Å². The van der Waals surface area contributed by atoms with Gasteiger partial charge in [0.05, 0.1) is 6.54 Å². The van der Waals surface area contributed by atoms with Crippen molar-refractivity contribution < 1.29 is 4.42 Å². The van der Waals surface area contributed by atoms with Crippen LogP contribution in [-0.2, 0) is 6.54 Å². The molecule has 106 valence electrons. The molecule has 1 aromatic heterocycles. The summed E-state index contributed by atoms with van der Waals surface area (Å²) in [5, 5.41) is 11.7. The number of rotatable bonds is 3. The number of aryl methyl sites for hydroxylation is 1. The van der Waals surface area contributed by atoms with Crippen molar-refractivity contribution >= 4 is 0 Å². The van der Waals surface area contributed by atoms with E-state index in [4.69, 9.17) is 4.42 Å². The zero-order valence-corrected chi connectivity index (χ0v) is 12.0. The standard InChI is InChI=1S/C15H20N4O/c1-11-4-3-5-13(8-11)15-18-17-14(20-15)10-19-7-6-16-12(2)9-19/h3-5,8,12,16H,6-7,9-10H2,1-2H3. The van der Waals surface area contributed by atoms with Gasteiger partial charge in [-0.1, -0.05) is 17.7 Å². The van der Waals surface area contributed by atoms with Gasteiger partial charge >= 0.3 is 0 Å². The van der Waals surface area contributed by atoms with Crippen LogP contribution in [0.25, 0.3) is 11.5 Å². The largest absolute Gasteiger partial charge is 0.419 e. The molecule has 1 aliphatic rings. The van der Waals surface area contributed by atoms with Crippen LogP contribution in [0.4, 0.5) is 0 Å². The van der Waals surface area contributed by atoms with Crippen LogP contribution < -0.4 is 5.32 Å². The highest BCUT2D eigenvalue weighted by molar-refractivity contribution is 5.53. The van der Waals surface area contributed by atoms with Crippen molar-refractivity contribution in [1.82, 2.24) is 20.4 Å². The summed E-state index contributed by atoms with van der Waals surface area (Å²) in [4.78, 5) is 2.34. The quantitative estimate of drug-likeness (QED) is 0.924. The first-order chi connectivity index (χ1) is 9.70. The Morgan fingerprint density at radius 3 is 3.10 bits per heavy atom. The molecule has 1 aromatic carbocycles. The lowest BCUT2D eigenvalue weighted by molar-refractivity contribution is 0.184. The predicted octanol–water partition coefficient (Wildman–Crippen LogP) is 1.84. The molecule has 0 spiro atoms. The minimum atomic E-state index is 0.517. The van der Waals surface area contributed by atoms with E-state index in [1.807, 2.05) is 12.1 Å². The van der Waals surface area contributed by atoms with Crippen molar-refractivity contribution in [2.45, 2.75) is 26.4 Å². The third-order valence-electron chi connectivity index (χ3n) is 3.54. The lowest BCUT2D eigenvalue weighted by Gasteiger charge is -2.30. The molecular weight excluding hydrogens is 252 g/mol. The Hall–Kier alpha value is -1.72. The number of piperazine rings is 1. The lowest BCUT2D eigenvalue weighted by atomic mass is 10.1. The Morgan fingerprint density at radius 2 is 2.30 bits per heavy atom. The fourth-order valence-electron chi connectivity index (χ4n) is 2.56. The average molecular weight is 272 g/mol. The average Bonchev–Trinajstić information content (AvgIpc) is 2.87. The minimum Gasteiger partial charge on any atom is -0.419 e. The molecule has 2 aromatic rings. The maximum Gasteiger partial charge on any atom is 0.247 e. The van der Waals surface area contributed by atoms with Gasteiger partial charge in [0, 0.05) is 31.2 Å². The third kappa shape index (κ3) is 3.05. The smallest absolute Gasteiger partial charge is 0.247 e. The van der Waals surface area contributed by atoms with Crippen LogP contribution in [0.5, 0.6) is 0 Å². The Morgan fingerprint density at radius 1 is 1.40 bits per heavy atom. The molecular formula is C15H20N4O. The van der Waals surface area contributed by atoms with Crippen LogP contribution in [0.2, 0.25) is 0 Å². The van der Waals surface area contributed by atoms with Crippen molar-refractivity contribution in [1.29, 1.82) is 0 Å². The van der Waals surface area contributed by atoms with E-state index in [2.05, 4.69) is 46.4 Å². The monoisotopic (exact) mass is 272 g/mol. The second kappa shape index (κ2) is 5.73. The van der Waals surface area contributed by atoms with Gasteiger partial charge in [0.15, 0.2) is 0 Å². The second-order valence-corrected chi connectivity index (χ2v) is 5.46. The molecule has 1 atom stereocenters. The van der Waals surface area contributed by atoms with Crippen LogP contribution in [0.1, 0.15) is 18.4 Å². The molecule has 2 heterocycles. The normalized spacial score (nSPS) is 20.2. The van der Waals surface area contributed by atoms with E-state index >= 15 is 0 Å². The van der Waals surface area contributed by atoms with E-state index in [0.29, 0.717) is 17.8 Å². The summed E-state index contributed by atoms with van der Waals surface area (Å²) >= 11 is 0. The Bertz CT molecular complexity index is 581. The summed E-state index contributed by atoms with van der Waals surface area (Å²) < 4.78 is 5.78. The molecule has 0 aliphatic carbocycles. The lowest BCUT2D eigenvalue weighted by Crippen LogP contribution is -2.48. The minimum absolute atomic E-state index is 0.517. The number of hydrogen-bond donors (Lipinski definition) is 1. The fourth-order valence-corrected chi connectivity index (χ4v) is 2.56. The van der Waals surface area contributed by atoms with Crippen molar-refractivity contribution in [2.75, 3.05) is 19.6 Å². The molecule has 0 saturated carbocycles. The van der Waals surface area contributed by atoms with E-state index in [1.54, 1.807) is 0 Å². The number of nitrogens with zero attached hydrogens (tertiary/aromatic N) is 3. The second-order valence-electron chi connectivity index (χ2n) is 5.46. The maximum atomic E-state index is 5.78. The number of aromatic nitrogens is 2. The SMILES string of the molecule is Cc1cccc(-c2nnc(CN3CCNC(C)C3)o2)c1. The van der Waals surface area contributed by atoms with Gasteiger partial charge < -0.3 is 9.73 Å². The molecule has 0 amide bonds. The molecule has 1 unspecified atom stereocenters. The zero-order chi connectivity index (χ0) is 13.9. The zero-order valence-electron chi connectivity index (χ0n) is 12.0. The summed E-state index contributed by atoms with van der Waals surface area (Å²) in [6.07, 6.45) is 0. The molecule has 0 radical (unpaired) electrons. The summed E-state index contributed by atoms with van der Waals surface area (Å²) in [5.41, 5.74) is 2.18. The van der Waals surface area contributed by atoms with Crippen LogP contribution in [0.3, 0.4) is 0 Å². The predicted molar refractivity (Wildman–Crippen MR) is 77.2 cm³/mol. The molecule has 3 rings (SSSR count). The Balaban J connectivity index is 1.70. The van der Waals surface area contributed by atoms with E-state index in [1.165, 1.54) is 5.56 Å². The van der Waals surface area contributed by atoms with Gasteiger partial charge in [0.2, 0.25) is 11.8 Å². The van der Waals surface area contributed by atoms with Crippen LogP contribution in [0, 0.1) is 6.92 Å². The summed E-state index contributed by atoms with van der Waals surface area (Å²) in [6, 6.07) is 8.64. The van der Waals surface area contributed by atoms with Crippen LogP contribution >= 0.6 is 0 Å². The highest BCUT2D eigenvalue weighted by atomic mass is 16.4. The van der Waals surface area contributed by atoms with E-state index in [-0.39, 0.29) is 0 Å². The molecule has 20 heavy (non-hydrogen) atoms. The number of benzene rings is 1. The first-order valence-electron chi connectivity index (χ1n) is 7.06. The fraction of sp³-hybridized carbons (Fsp3) is 0.467. The van der Waals surface area contributed by atoms with Gasteiger partial charge in [0.1, 0.15) is 0 Å². The van der Waals surface area contributed by atoms with E-state index < -0.39 is 0 Å². The van der Waals surface area contributed by atoms with Gasteiger partial charge in [-0.2, -0.15) is 0 Å². The molecule has 5 heteroatoms. The van der Waals surface area contributed by atoms with Gasteiger partial charge in [-0.25, -0.2) is 0 Å². The molecule has 1 saturated heterocycles. The first kappa shape index (κ1) is 13.3. The van der Waals surface area contributed by atoms with Gasteiger partial charge in [0.25, 0.3) is 0 Å². The first-order valence-corrected chi connectivity index (χ1v) is 7.06. The number of hydrogen-bond acceptors (Lipinski definition) is 5. The summed E-state index contributed by atoms with van der Waals surface area (Å²) in [6.45, 7) is 8.03. The number of nitrogens with one attached hydrogen (secondary N) is 1. The van der Waals surface area contributed by atoms with Gasteiger partial charge in [-0.15, -0.1) is 10.2 Å². The molecule has 0 bridgehead atoms. The Labute approximate surface area is 119 Å². The van der Waals surface area contributed by atoms with Crippen molar-refractivity contribution in [3.8, 4) is 11.5 Å². The van der Waals surface area contributed by atoms with Crippen molar-refractivity contribution in [3.63, 3.8) is 0 Å². The highest BCUT2D eigenvalue weighted by Gasteiger charge is 2.18. The van der Waals surface area contributed by atoms with E-state index in [9.17, 15) is 0 Å². The molecule has 5 nitrogen and oxygen atoms in total. The molecule has 1 aliphatic heterocycles.